The highest BCUT2D eigenvalue weighted by Gasteiger charge is 2.27. The summed E-state index contributed by atoms with van der Waals surface area (Å²) in [6.07, 6.45) is 3.51. The zero-order chi connectivity index (χ0) is 12.5. The molecule has 3 N–H and O–H groups in total. The summed E-state index contributed by atoms with van der Waals surface area (Å²) in [5.74, 6) is 7.10. The number of benzene rings is 1. The predicted molar refractivity (Wildman–Crippen MR) is 74.4 cm³/mol. The number of hydrogen-bond acceptors (Lipinski definition) is 2. The van der Waals surface area contributed by atoms with E-state index in [1.54, 1.807) is 0 Å². The summed E-state index contributed by atoms with van der Waals surface area (Å²) in [5, 5.41) is 0. The Balaban J connectivity index is 1.95. The Bertz CT molecular complexity index is 465. The van der Waals surface area contributed by atoms with Crippen LogP contribution in [0.2, 0.25) is 0 Å². The predicted octanol–water partition coefficient (Wildman–Crippen LogP) is 1.67. The van der Waals surface area contributed by atoms with Crippen molar-refractivity contribution in [2.24, 2.45) is 16.8 Å². The van der Waals surface area contributed by atoms with Gasteiger partial charge in [-0.15, -0.1) is 0 Å². The summed E-state index contributed by atoms with van der Waals surface area (Å²) < 4.78 is 0. The number of hydrazine groups is 1. The molecule has 0 amide bonds. The fraction of sp³-hybridized carbons (Fsp3) is 0.500. The first-order valence-corrected chi connectivity index (χ1v) is 6.68. The van der Waals surface area contributed by atoms with E-state index in [0.29, 0.717) is 12.0 Å². The number of hydrogen-bond donors (Lipinski definition) is 2. The molecule has 1 aromatic carbocycles. The molecule has 96 valence electrons. The van der Waals surface area contributed by atoms with Gasteiger partial charge in [0, 0.05) is 12.2 Å². The zero-order valence-corrected chi connectivity index (χ0v) is 10.8. The molecule has 1 unspecified atom stereocenters. The molecule has 18 heavy (non-hydrogen) atoms. The van der Waals surface area contributed by atoms with Crippen molar-refractivity contribution < 1.29 is 0 Å². The molecule has 1 saturated carbocycles. The van der Waals surface area contributed by atoms with Crippen LogP contribution >= 0.6 is 0 Å². The third-order valence-electron chi connectivity index (χ3n) is 3.58. The zero-order valence-electron chi connectivity index (χ0n) is 10.8. The molecule has 2 aliphatic rings. The number of guanidine groups is 1. The highest BCUT2D eigenvalue weighted by atomic mass is 15.4. The SMILES string of the molecule is CC1Cc2ccccc2N(C(=NC2CC2)NN)C1. The maximum atomic E-state index is 5.66. The first-order chi connectivity index (χ1) is 8.78. The smallest absolute Gasteiger partial charge is 0.213 e. The minimum absolute atomic E-state index is 0.473. The van der Waals surface area contributed by atoms with Crippen molar-refractivity contribution in [3.8, 4) is 0 Å². The molecular weight excluding hydrogens is 224 g/mol. The second-order valence-electron chi connectivity index (χ2n) is 5.38. The van der Waals surface area contributed by atoms with E-state index in [1.165, 1.54) is 24.1 Å². The lowest BCUT2D eigenvalue weighted by Gasteiger charge is -2.34. The Morgan fingerprint density at radius 3 is 2.89 bits per heavy atom. The molecule has 0 bridgehead atoms. The second kappa shape index (κ2) is 4.61. The number of aliphatic imine (C=N–C) groups is 1. The highest BCUT2D eigenvalue weighted by molar-refractivity contribution is 5.97. The van der Waals surface area contributed by atoms with Crippen molar-refractivity contribution in [2.45, 2.75) is 32.2 Å². The summed E-state index contributed by atoms with van der Waals surface area (Å²) in [4.78, 5) is 6.89. The molecule has 1 atom stereocenters. The molecule has 1 aliphatic carbocycles. The number of nitrogens with two attached hydrogens (primary N) is 1. The van der Waals surface area contributed by atoms with Crippen molar-refractivity contribution in [3.05, 3.63) is 29.8 Å². The van der Waals surface area contributed by atoms with Gasteiger partial charge >= 0.3 is 0 Å². The standard InChI is InChI=1S/C14H20N4/c1-10-8-11-4-2-3-5-13(11)18(9-10)14(17-15)16-12-6-7-12/h2-5,10,12H,6-9,15H2,1H3,(H,16,17). The van der Waals surface area contributed by atoms with Gasteiger partial charge in [-0.1, -0.05) is 25.1 Å². The van der Waals surface area contributed by atoms with Crippen molar-refractivity contribution in [2.75, 3.05) is 11.4 Å². The molecular formula is C14H20N4. The molecule has 1 aromatic rings. The molecule has 0 aromatic heterocycles. The van der Waals surface area contributed by atoms with Crippen LogP contribution in [0.4, 0.5) is 5.69 Å². The van der Waals surface area contributed by atoms with E-state index in [-0.39, 0.29) is 0 Å². The van der Waals surface area contributed by atoms with Crippen LogP contribution in [0.3, 0.4) is 0 Å². The van der Waals surface area contributed by atoms with Crippen LogP contribution in [0.15, 0.2) is 29.3 Å². The van der Waals surface area contributed by atoms with Crippen LogP contribution in [0.1, 0.15) is 25.3 Å². The fourth-order valence-corrected chi connectivity index (χ4v) is 2.56. The first kappa shape index (κ1) is 11.5. The number of fused-ring (bicyclic) bond motifs is 1. The van der Waals surface area contributed by atoms with Crippen LogP contribution in [0.25, 0.3) is 0 Å². The van der Waals surface area contributed by atoms with Gasteiger partial charge in [0.25, 0.3) is 0 Å². The van der Waals surface area contributed by atoms with Gasteiger partial charge in [-0.3, -0.25) is 5.43 Å². The average Bonchev–Trinajstić information content (AvgIpc) is 3.19. The summed E-state index contributed by atoms with van der Waals surface area (Å²) >= 11 is 0. The fourth-order valence-electron chi connectivity index (χ4n) is 2.56. The maximum Gasteiger partial charge on any atom is 0.213 e. The minimum Gasteiger partial charge on any atom is -0.311 e. The Morgan fingerprint density at radius 1 is 1.39 bits per heavy atom. The topological polar surface area (TPSA) is 53.6 Å². The van der Waals surface area contributed by atoms with E-state index in [2.05, 4.69) is 46.5 Å². The molecule has 0 spiro atoms. The molecule has 4 nitrogen and oxygen atoms in total. The highest BCUT2D eigenvalue weighted by Crippen LogP contribution is 2.30. The molecule has 1 fully saturated rings. The largest absolute Gasteiger partial charge is 0.311 e. The third kappa shape index (κ3) is 2.20. The molecule has 1 heterocycles. The van der Waals surface area contributed by atoms with Crippen LogP contribution in [-0.2, 0) is 6.42 Å². The van der Waals surface area contributed by atoms with Gasteiger partial charge in [0.15, 0.2) is 0 Å². The second-order valence-corrected chi connectivity index (χ2v) is 5.38. The Labute approximate surface area is 108 Å². The Morgan fingerprint density at radius 2 is 2.17 bits per heavy atom. The lowest BCUT2D eigenvalue weighted by atomic mass is 9.94. The van der Waals surface area contributed by atoms with Crippen molar-refractivity contribution in [1.82, 2.24) is 5.43 Å². The van der Waals surface area contributed by atoms with Gasteiger partial charge in [-0.25, -0.2) is 10.8 Å². The number of anilines is 1. The van der Waals surface area contributed by atoms with Crippen molar-refractivity contribution >= 4 is 11.6 Å². The van der Waals surface area contributed by atoms with Gasteiger partial charge in [-0.05, 0) is 36.8 Å². The van der Waals surface area contributed by atoms with E-state index < -0.39 is 0 Å². The average molecular weight is 244 g/mol. The summed E-state index contributed by atoms with van der Waals surface area (Å²) in [5.41, 5.74) is 5.41. The van der Waals surface area contributed by atoms with Gasteiger partial charge in [0.1, 0.15) is 0 Å². The van der Waals surface area contributed by atoms with Gasteiger partial charge in [0.05, 0.1) is 6.04 Å². The van der Waals surface area contributed by atoms with E-state index in [1.807, 2.05) is 0 Å². The van der Waals surface area contributed by atoms with E-state index in [4.69, 9.17) is 5.84 Å². The number of para-hydroxylation sites is 1. The van der Waals surface area contributed by atoms with Crippen LogP contribution in [-0.4, -0.2) is 18.5 Å². The van der Waals surface area contributed by atoms with E-state index in [9.17, 15) is 0 Å². The minimum atomic E-state index is 0.473. The van der Waals surface area contributed by atoms with Gasteiger partial charge in [0.2, 0.25) is 5.96 Å². The number of nitrogens with one attached hydrogen (secondary N) is 1. The van der Waals surface area contributed by atoms with Crippen LogP contribution in [0.5, 0.6) is 0 Å². The number of rotatable bonds is 1. The number of nitrogens with zero attached hydrogens (tertiary/aromatic N) is 2. The normalized spacial score (nSPS) is 23.8. The lowest BCUT2D eigenvalue weighted by molar-refractivity contribution is 0.563. The molecule has 3 rings (SSSR count). The molecule has 4 heteroatoms. The van der Waals surface area contributed by atoms with Gasteiger partial charge in [-0.2, -0.15) is 0 Å². The molecule has 0 saturated heterocycles. The maximum absolute atomic E-state index is 5.66. The summed E-state index contributed by atoms with van der Waals surface area (Å²) in [6, 6.07) is 9.00. The van der Waals surface area contributed by atoms with Crippen LogP contribution in [0, 0.1) is 5.92 Å². The third-order valence-corrected chi connectivity index (χ3v) is 3.58. The Kier molecular flexibility index (Phi) is 2.96. The monoisotopic (exact) mass is 244 g/mol. The van der Waals surface area contributed by atoms with Crippen LogP contribution < -0.4 is 16.2 Å². The van der Waals surface area contributed by atoms with E-state index >= 15 is 0 Å². The van der Waals surface area contributed by atoms with Crippen molar-refractivity contribution in [3.63, 3.8) is 0 Å². The molecule has 1 aliphatic heterocycles. The van der Waals surface area contributed by atoms with Crippen molar-refractivity contribution in [1.29, 1.82) is 0 Å². The first-order valence-electron chi connectivity index (χ1n) is 6.68. The molecule has 0 radical (unpaired) electrons. The summed E-state index contributed by atoms with van der Waals surface area (Å²) in [7, 11) is 0. The quantitative estimate of drug-likeness (QED) is 0.342. The van der Waals surface area contributed by atoms with Gasteiger partial charge < -0.3 is 4.90 Å². The van der Waals surface area contributed by atoms with E-state index in [0.717, 1.165) is 18.9 Å². The summed E-state index contributed by atoms with van der Waals surface area (Å²) in [6.45, 7) is 3.25. The lowest BCUT2D eigenvalue weighted by Crippen LogP contribution is -2.49. The Hall–Kier alpha value is -1.55.